The Balaban J connectivity index is 2.13. The SMILES string of the molecule is COc1cc(CCC(CC(CCc2ccc(O)c(OC)c2)C(C)(C)C)C(C)(C)C)ccc1O. The van der Waals surface area contributed by atoms with Crippen LogP contribution in [-0.2, 0) is 12.8 Å². The molecule has 0 aromatic heterocycles. The molecule has 0 spiro atoms. The number of ether oxygens (including phenoxy) is 2. The number of phenolic OH excluding ortho intramolecular Hbond substituents is 2. The molecule has 0 aliphatic rings. The highest BCUT2D eigenvalue weighted by atomic mass is 16.5. The zero-order chi connectivity index (χ0) is 24.8. The van der Waals surface area contributed by atoms with E-state index < -0.39 is 0 Å². The average Bonchev–Trinajstić information content (AvgIpc) is 2.73. The molecule has 4 nitrogen and oxygen atoms in total. The maximum absolute atomic E-state index is 9.90. The van der Waals surface area contributed by atoms with Crippen LogP contribution in [0.4, 0.5) is 0 Å². The normalized spacial score (nSPS) is 14.1. The number of aryl methyl sites for hydroxylation is 2. The third kappa shape index (κ3) is 7.87. The second-order valence-corrected chi connectivity index (χ2v) is 11.5. The van der Waals surface area contributed by atoms with Crippen molar-refractivity contribution < 1.29 is 19.7 Å². The van der Waals surface area contributed by atoms with Crippen LogP contribution in [0, 0.1) is 22.7 Å². The van der Waals surface area contributed by atoms with Crippen molar-refractivity contribution in [2.45, 2.75) is 73.6 Å². The molecule has 0 amide bonds. The lowest BCUT2D eigenvalue weighted by atomic mass is 9.66. The van der Waals surface area contributed by atoms with E-state index in [0.717, 1.165) is 32.1 Å². The maximum Gasteiger partial charge on any atom is 0.160 e. The molecule has 2 aromatic rings. The van der Waals surface area contributed by atoms with Gasteiger partial charge in [-0.2, -0.15) is 0 Å². The monoisotopic (exact) mass is 456 g/mol. The molecule has 0 aliphatic heterocycles. The van der Waals surface area contributed by atoms with Gasteiger partial charge in [-0.3, -0.25) is 0 Å². The molecule has 184 valence electrons. The fraction of sp³-hybridized carbons (Fsp3) is 0.586. The fourth-order valence-electron chi connectivity index (χ4n) is 4.59. The quantitative estimate of drug-likeness (QED) is 0.391. The van der Waals surface area contributed by atoms with Gasteiger partial charge in [0.2, 0.25) is 0 Å². The molecule has 4 heteroatoms. The lowest BCUT2D eigenvalue weighted by Crippen LogP contribution is -2.30. The Hall–Kier alpha value is -2.36. The summed E-state index contributed by atoms with van der Waals surface area (Å²) in [4.78, 5) is 0. The third-order valence-corrected chi connectivity index (χ3v) is 7.07. The highest BCUT2D eigenvalue weighted by Gasteiger charge is 2.32. The second kappa shape index (κ2) is 11.2. The Labute approximate surface area is 201 Å². The zero-order valence-electron chi connectivity index (χ0n) is 21.9. The summed E-state index contributed by atoms with van der Waals surface area (Å²) >= 11 is 0. The van der Waals surface area contributed by atoms with Gasteiger partial charge >= 0.3 is 0 Å². The number of hydrogen-bond donors (Lipinski definition) is 2. The van der Waals surface area contributed by atoms with Crippen LogP contribution in [0.25, 0.3) is 0 Å². The summed E-state index contributed by atoms with van der Waals surface area (Å²) in [6.07, 6.45) is 5.28. The number of aromatic hydroxyl groups is 2. The zero-order valence-corrected chi connectivity index (χ0v) is 21.9. The summed E-state index contributed by atoms with van der Waals surface area (Å²) < 4.78 is 10.6. The Bertz CT molecular complexity index is 816. The summed E-state index contributed by atoms with van der Waals surface area (Å²) in [6, 6.07) is 11.4. The fourth-order valence-corrected chi connectivity index (χ4v) is 4.59. The first-order valence-electron chi connectivity index (χ1n) is 12.1. The smallest absolute Gasteiger partial charge is 0.160 e. The van der Waals surface area contributed by atoms with Gasteiger partial charge in [-0.05, 0) is 90.2 Å². The van der Waals surface area contributed by atoms with Gasteiger partial charge in [0.15, 0.2) is 23.0 Å². The van der Waals surface area contributed by atoms with E-state index in [1.165, 1.54) is 11.1 Å². The van der Waals surface area contributed by atoms with E-state index in [1.54, 1.807) is 26.4 Å². The van der Waals surface area contributed by atoms with Crippen LogP contribution in [0.15, 0.2) is 36.4 Å². The van der Waals surface area contributed by atoms with Gasteiger partial charge in [0.25, 0.3) is 0 Å². The van der Waals surface area contributed by atoms with Crippen LogP contribution in [0.5, 0.6) is 23.0 Å². The van der Waals surface area contributed by atoms with Crippen molar-refractivity contribution in [2.75, 3.05) is 14.2 Å². The number of methoxy groups -OCH3 is 2. The van der Waals surface area contributed by atoms with E-state index in [4.69, 9.17) is 9.47 Å². The van der Waals surface area contributed by atoms with E-state index in [0.29, 0.717) is 23.3 Å². The first-order valence-corrected chi connectivity index (χ1v) is 12.1. The van der Waals surface area contributed by atoms with Gasteiger partial charge in [0, 0.05) is 0 Å². The van der Waals surface area contributed by atoms with Crippen molar-refractivity contribution in [3.8, 4) is 23.0 Å². The van der Waals surface area contributed by atoms with Crippen LogP contribution < -0.4 is 9.47 Å². The van der Waals surface area contributed by atoms with Crippen molar-refractivity contribution in [1.82, 2.24) is 0 Å². The molecule has 33 heavy (non-hydrogen) atoms. The van der Waals surface area contributed by atoms with Crippen molar-refractivity contribution in [1.29, 1.82) is 0 Å². The van der Waals surface area contributed by atoms with E-state index in [-0.39, 0.29) is 22.3 Å². The van der Waals surface area contributed by atoms with Crippen LogP contribution in [0.3, 0.4) is 0 Å². The summed E-state index contributed by atoms with van der Waals surface area (Å²) in [7, 11) is 3.18. The maximum atomic E-state index is 9.90. The molecule has 2 N–H and O–H groups in total. The molecule has 0 fully saturated rings. The molecule has 0 heterocycles. The van der Waals surface area contributed by atoms with Crippen molar-refractivity contribution >= 4 is 0 Å². The molecule has 0 bridgehead atoms. The Morgan fingerprint density at radius 2 is 1.03 bits per heavy atom. The molecule has 0 radical (unpaired) electrons. The van der Waals surface area contributed by atoms with Gasteiger partial charge in [-0.1, -0.05) is 53.7 Å². The Morgan fingerprint density at radius 3 is 1.33 bits per heavy atom. The molecular weight excluding hydrogens is 412 g/mol. The van der Waals surface area contributed by atoms with Gasteiger partial charge in [-0.15, -0.1) is 0 Å². The predicted octanol–water partition coefficient (Wildman–Crippen LogP) is 7.40. The average molecular weight is 457 g/mol. The number of hydrogen-bond acceptors (Lipinski definition) is 4. The molecule has 2 atom stereocenters. The number of benzene rings is 2. The topological polar surface area (TPSA) is 58.9 Å². The van der Waals surface area contributed by atoms with Crippen LogP contribution in [-0.4, -0.2) is 24.4 Å². The predicted molar refractivity (Wildman–Crippen MR) is 136 cm³/mol. The summed E-state index contributed by atoms with van der Waals surface area (Å²) in [5.41, 5.74) is 2.79. The molecule has 0 saturated carbocycles. The summed E-state index contributed by atoms with van der Waals surface area (Å²) in [5.74, 6) is 2.58. The number of rotatable bonds is 10. The minimum Gasteiger partial charge on any atom is -0.504 e. The first kappa shape index (κ1) is 26.9. The molecule has 0 aliphatic carbocycles. The Morgan fingerprint density at radius 1 is 0.667 bits per heavy atom. The van der Waals surface area contributed by atoms with Crippen LogP contribution in [0.2, 0.25) is 0 Å². The third-order valence-electron chi connectivity index (χ3n) is 7.07. The standard InChI is InChI=1S/C29H44O4/c1-28(2,3)22(13-9-20-11-15-24(30)26(17-20)32-7)19-23(29(4,5)6)14-10-21-12-16-25(31)27(18-21)33-8/h11-12,15-18,22-23,30-31H,9-10,13-14,19H2,1-8H3. The van der Waals surface area contributed by atoms with Crippen LogP contribution in [0.1, 0.15) is 71.9 Å². The lowest BCUT2D eigenvalue weighted by Gasteiger charge is -2.39. The Kier molecular flexibility index (Phi) is 9.11. The van der Waals surface area contributed by atoms with E-state index in [9.17, 15) is 10.2 Å². The van der Waals surface area contributed by atoms with Crippen LogP contribution >= 0.6 is 0 Å². The second-order valence-electron chi connectivity index (χ2n) is 11.5. The van der Waals surface area contributed by atoms with Crippen molar-refractivity contribution in [3.63, 3.8) is 0 Å². The molecule has 0 saturated heterocycles. The van der Waals surface area contributed by atoms with E-state index >= 15 is 0 Å². The minimum absolute atomic E-state index is 0.187. The summed E-state index contributed by atoms with van der Waals surface area (Å²) in [6.45, 7) is 14.1. The lowest BCUT2D eigenvalue weighted by molar-refractivity contribution is 0.120. The molecular formula is C29H44O4. The number of phenols is 2. The van der Waals surface area contributed by atoms with Gasteiger partial charge in [-0.25, -0.2) is 0 Å². The molecule has 2 rings (SSSR count). The van der Waals surface area contributed by atoms with E-state index in [2.05, 4.69) is 41.5 Å². The van der Waals surface area contributed by atoms with Gasteiger partial charge < -0.3 is 19.7 Å². The largest absolute Gasteiger partial charge is 0.504 e. The highest BCUT2D eigenvalue weighted by Crippen LogP contribution is 2.42. The van der Waals surface area contributed by atoms with Gasteiger partial charge in [0.1, 0.15) is 0 Å². The summed E-state index contributed by atoms with van der Waals surface area (Å²) in [5, 5.41) is 19.8. The first-order chi connectivity index (χ1) is 15.3. The van der Waals surface area contributed by atoms with Crippen molar-refractivity contribution in [3.05, 3.63) is 47.5 Å². The van der Waals surface area contributed by atoms with E-state index in [1.807, 2.05) is 24.3 Å². The van der Waals surface area contributed by atoms with Gasteiger partial charge in [0.05, 0.1) is 14.2 Å². The highest BCUT2D eigenvalue weighted by molar-refractivity contribution is 5.42. The van der Waals surface area contributed by atoms with Crippen molar-refractivity contribution in [2.24, 2.45) is 22.7 Å². The minimum atomic E-state index is 0.187. The molecule has 2 unspecified atom stereocenters. The molecule has 2 aromatic carbocycles.